The molecule has 1 saturated carbocycles. The van der Waals surface area contributed by atoms with E-state index in [4.69, 9.17) is 0 Å². The summed E-state index contributed by atoms with van der Waals surface area (Å²) in [5, 5.41) is 6.83. The second kappa shape index (κ2) is 6.12. The van der Waals surface area contributed by atoms with Gasteiger partial charge in [0.05, 0.1) is 0 Å². The fourth-order valence-corrected chi connectivity index (χ4v) is 2.23. The molecule has 7 heteroatoms. The molecule has 1 aliphatic rings. The molecule has 0 atom stereocenters. The van der Waals surface area contributed by atoms with E-state index in [0.29, 0.717) is 11.5 Å². The molecule has 1 fully saturated rings. The fraction of sp³-hybridized carbons (Fsp3) is 0.312. The largest absolute Gasteiger partial charge is 0.378 e. The first kappa shape index (κ1) is 15.1. The van der Waals surface area contributed by atoms with Gasteiger partial charge in [0.1, 0.15) is 0 Å². The van der Waals surface area contributed by atoms with Crippen molar-refractivity contribution in [3.05, 3.63) is 47.3 Å². The first-order valence-electron chi connectivity index (χ1n) is 7.48. The molecule has 3 rings (SSSR count). The SMILES string of the molecule is CN(C)c1cccc(C(=O)NNC(=O)c2cc(C3CC3)[nH]n2)c1. The highest BCUT2D eigenvalue weighted by atomic mass is 16.2. The molecule has 1 aromatic heterocycles. The molecule has 2 amide bonds. The third-order valence-electron chi connectivity index (χ3n) is 3.76. The topological polar surface area (TPSA) is 90.1 Å². The predicted octanol–water partition coefficient (Wildman–Crippen LogP) is 1.43. The van der Waals surface area contributed by atoms with Gasteiger partial charge in [-0.1, -0.05) is 6.07 Å². The Kier molecular flexibility index (Phi) is 4.01. The van der Waals surface area contributed by atoms with E-state index in [1.165, 1.54) is 0 Å². The molecular weight excluding hydrogens is 294 g/mol. The summed E-state index contributed by atoms with van der Waals surface area (Å²) in [5.74, 6) is -0.322. The lowest BCUT2D eigenvalue weighted by atomic mass is 10.2. The van der Waals surface area contributed by atoms with Crippen molar-refractivity contribution in [1.82, 2.24) is 21.0 Å². The summed E-state index contributed by atoms with van der Waals surface area (Å²) in [6, 6.07) is 8.86. The van der Waals surface area contributed by atoms with E-state index in [0.717, 1.165) is 24.2 Å². The number of hydrogen-bond donors (Lipinski definition) is 3. The Balaban J connectivity index is 1.59. The molecule has 0 radical (unpaired) electrons. The van der Waals surface area contributed by atoms with Crippen molar-refractivity contribution in [1.29, 1.82) is 0 Å². The number of benzene rings is 1. The van der Waals surface area contributed by atoms with Gasteiger partial charge in [0, 0.05) is 37.0 Å². The number of rotatable bonds is 4. The summed E-state index contributed by atoms with van der Waals surface area (Å²) in [6.07, 6.45) is 2.25. The van der Waals surface area contributed by atoms with Gasteiger partial charge in [0.2, 0.25) is 0 Å². The first-order valence-corrected chi connectivity index (χ1v) is 7.48. The summed E-state index contributed by atoms with van der Waals surface area (Å²) in [5.41, 5.74) is 7.41. The Morgan fingerprint density at radius 1 is 1.17 bits per heavy atom. The maximum Gasteiger partial charge on any atom is 0.290 e. The Bertz CT molecular complexity index is 734. The van der Waals surface area contributed by atoms with Crippen LogP contribution in [0.25, 0.3) is 0 Å². The van der Waals surface area contributed by atoms with Gasteiger partial charge in [-0.05, 0) is 37.1 Å². The highest BCUT2D eigenvalue weighted by Crippen LogP contribution is 2.38. The first-order chi connectivity index (χ1) is 11.0. The molecule has 0 saturated heterocycles. The average Bonchev–Trinajstić information content (AvgIpc) is 3.29. The van der Waals surface area contributed by atoms with Crippen molar-refractivity contribution < 1.29 is 9.59 Å². The van der Waals surface area contributed by atoms with Crippen LogP contribution in [0.2, 0.25) is 0 Å². The van der Waals surface area contributed by atoms with Crippen LogP contribution in [0.1, 0.15) is 45.3 Å². The van der Waals surface area contributed by atoms with Gasteiger partial charge in [-0.15, -0.1) is 0 Å². The van der Waals surface area contributed by atoms with E-state index in [9.17, 15) is 9.59 Å². The van der Waals surface area contributed by atoms with E-state index < -0.39 is 5.91 Å². The fourth-order valence-electron chi connectivity index (χ4n) is 2.23. The summed E-state index contributed by atoms with van der Waals surface area (Å²) >= 11 is 0. The molecule has 7 nitrogen and oxygen atoms in total. The van der Waals surface area contributed by atoms with Crippen molar-refractivity contribution >= 4 is 17.5 Å². The van der Waals surface area contributed by atoms with Gasteiger partial charge in [-0.3, -0.25) is 25.5 Å². The van der Waals surface area contributed by atoms with Gasteiger partial charge in [0.15, 0.2) is 5.69 Å². The molecule has 23 heavy (non-hydrogen) atoms. The Hall–Kier alpha value is -2.83. The van der Waals surface area contributed by atoms with E-state index in [1.807, 2.05) is 25.1 Å². The monoisotopic (exact) mass is 313 g/mol. The molecule has 0 aliphatic heterocycles. The lowest BCUT2D eigenvalue weighted by molar-refractivity contribution is 0.0844. The van der Waals surface area contributed by atoms with Gasteiger partial charge in [-0.25, -0.2) is 0 Å². The highest BCUT2D eigenvalue weighted by Gasteiger charge is 2.26. The van der Waals surface area contributed by atoms with Crippen LogP contribution in [0.3, 0.4) is 0 Å². The number of nitrogens with zero attached hydrogens (tertiary/aromatic N) is 2. The number of aromatic amines is 1. The summed E-state index contributed by atoms with van der Waals surface area (Å²) in [7, 11) is 3.79. The summed E-state index contributed by atoms with van der Waals surface area (Å²) in [4.78, 5) is 26.0. The van der Waals surface area contributed by atoms with Crippen LogP contribution in [0.4, 0.5) is 5.69 Å². The third-order valence-corrected chi connectivity index (χ3v) is 3.76. The average molecular weight is 313 g/mol. The smallest absolute Gasteiger partial charge is 0.290 e. The van der Waals surface area contributed by atoms with Crippen LogP contribution in [-0.2, 0) is 0 Å². The number of nitrogens with one attached hydrogen (secondary N) is 3. The van der Waals surface area contributed by atoms with Crippen LogP contribution in [0, 0.1) is 0 Å². The molecule has 1 aromatic carbocycles. The normalized spacial score (nSPS) is 13.5. The standard InChI is InChI=1S/C16H19N5O2/c1-21(2)12-5-3-4-11(8-12)15(22)19-20-16(23)14-9-13(17-18-14)10-6-7-10/h3-5,8-10H,6-7H2,1-2H3,(H,17,18)(H,19,22)(H,20,23). The highest BCUT2D eigenvalue weighted by molar-refractivity contribution is 5.98. The second-order valence-electron chi connectivity index (χ2n) is 5.84. The number of anilines is 1. The zero-order valence-corrected chi connectivity index (χ0v) is 13.1. The van der Waals surface area contributed by atoms with Gasteiger partial charge < -0.3 is 4.90 Å². The number of hydrazine groups is 1. The van der Waals surface area contributed by atoms with E-state index in [1.54, 1.807) is 24.3 Å². The molecule has 120 valence electrons. The lowest BCUT2D eigenvalue weighted by Gasteiger charge is -2.13. The lowest BCUT2D eigenvalue weighted by Crippen LogP contribution is -2.41. The summed E-state index contributed by atoms with van der Waals surface area (Å²) in [6.45, 7) is 0. The molecule has 1 heterocycles. The van der Waals surface area contributed by atoms with Crippen LogP contribution in [-0.4, -0.2) is 36.1 Å². The molecule has 1 aliphatic carbocycles. The van der Waals surface area contributed by atoms with Crippen molar-refractivity contribution in [2.24, 2.45) is 0 Å². The van der Waals surface area contributed by atoms with Gasteiger partial charge >= 0.3 is 0 Å². The molecule has 3 N–H and O–H groups in total. The van der Waals surface area contributed by atoms with Crippen LogP contribution >= 0.6 is 0 Å². The second-order valence-corrected chi connectivity index (χ2v) is 5.84. The molecular formula is C16H19N5O2. The van der Waals surface area contributed by atoms with E-state index in [-0.39, 0.29) is 11.6 Å². The molecule has 0 unspecified atom stereocenters. The minimum absolute atomic E-state index is 0.272. The van der Waals surface area contributed by atoms with Crippen molar-refractivity contribution in [3.63, 3.8) is 0 Å². The van der Waals surface area contributed by atoms with Crippen LogP contribution < -0.4 is 15.8 Å². The van der Waals surface area contributed by atoms with E-state index in [2.05, 4.69) is 21.0 Å². The molecule has 0 bridgehead atoms. The Morgan fingerprint density at radius 3 is 2.61 bits per heavy atom. The van der Waals surface area contributed by atoms with Gasteiger partial charge in [-0.2, -0.15) is 5.10 Å². The Morgan fingerprint density at radius 2 is 1.91 bits per heavy atom. The van der Waals surface area contributed by atoms with E-state index >= 15 is 0 Å². The number of carbonyl (C=O) groups excluding carboxylic acids is 2. The number of aromatic nitrogens is 2. The van der Waals surface area contributed by atoms with Crippen LogP contribution in [0.5, 0.6) is 0 Å². The number of H-pyrrole nitrogens is 1. The quantitative estimate of drug-likeness (QED) is 0.745. The third kappa shape index (κ3) is 3.50. The van der Waals surface area contributed by atoms with Crippen LogP contribution in [0.15, 0.2) is 30.3 Å². The maximum atomic E-state index is 12.1. The van der Waals surface area contributed by atoms with Crippen molar-refractivity contribution in [3.8, 4) is 0 Å². The minimum atomic E-state index is -0.440. The molecule has 0 spiro atoms. The predicted molar refractivity (Wildman–Crippen MR) is 86.3 cm³/mol. The number of amides is 2. The van der Waals surface area contributed by atoms with Crippen molar-refractivity contribution in [2.75, 3.05) is 19.0 Å². The Labute approximate surface area is 134 Å². The molecule has 2 aromatic rings. The van der Waals surface area contributed by atoms with Gasteiger partial charge in [0.25, 0.3) is 11.8 Å². The summed E-state index contributed by atoms with van der Waals surface area (Å²) < 4.78 is 0. The maximum absolute atomic E-state index is 12.1. The van der Waals surface area contributed by atoms with Crippen molar-refractivity contribution in [2.45, 2.75) is 18.8 Å². The number of carbonyl (C=O) groups is 2. The zero-order chi connectivity index (χ0) is 16.4. The minimum Gasteiger partial charge on any atom is -0.378 e. The zero-order valence-electron chi connectivity index (χ0n) is 13.1. The number of hydrogen-bond acceptors (Lipinski definition) is 4.